The molecule has 2 aromatic rings. The first kappa shape index (κ1) is 16.5. The molecular formula is C20H20O7. The van der Waals surface area contributed by atoms with E-state index in [0.717, 1.165) is 11.3 Å². The fraction of sp³-hybridized carbons (Fsp3) is 0.400. The van der Waals surface area contributed by atoms with Crippen molar-refractivity contribution in [2.75, 3.05) is 27.1 Å². The molecule has 0 aromatic heterocycles. The molecule has 0 bridgehead atoms. The summed E-state index contributed by atoms with van der Waals surface area (Å²) < 4.78 is 34.0. The molecule has 3 heterocycles. The minimum Gasteiger partial charge on any atom is -0.504 e. The zero-order chi connectivity index (χ0) is 18.4. The third-order valence-electron chi connectivity index (χ3n) is 5.34. The van der Waals surface area contributed by atoms with E-state index in [1.54, 1.807) is 6.07 Å². The smallest absolute Gasteiger partial charge is 0.231 e. The molecule has 2 saturated heterocycles. The summed E-state index contributed by atoms with van der Waals surface area (Å²) in [5.41, 5.74) is 0.962. The minimum absolute atomic E-state index is 0.113. The van der Waals surface area contributed by atoms with Crippen LogP contribution in [0.1, 0.15) is 11.7 Å². The Morgan fingerprint density at radius 1 is 0.963 bits per heavy atom. The molecule has 2 aromatic carbocycles. The Morgan fingerprint density at radius 2 is 1.81 bits per heavy atom. The first-order valence-electron chi connectivity index (χ1n) is 8.89. The Kier molecular flexibility index (Phi) is 3.98. The van der Waals surface area contributed by atoms with E-state index in [0.29, 0.717) is 30.5 Å². The van der Waals surface area contributed by atoms with Crippen molar-refractivity contribution in [3.8, 4) is 28.7 Å². The van der Waals surface area contributed by atoms with Crippen molar-refractivity contribution in [2.45, 2.75) is 12.4 Å². The van der Waals surface area contributed by atoms with Crippen molar-refractivity contribution in [3.05, 3.63) is 42.0 Å². The minimum atomic E-state index is -0.376. The van der Waals surface area contributed by atoms with Crippen LogP contribution in [-0.4, -0.2) is 38.5 Å². The average molecular weight is 372 g/mol. The molecule has 5 rings (SSSR count). The van der Waals surface area contributed by atoms with Gasteiger partial charge in [-0.3, -0.25) is 0 Å². The first-order valence-corrected chi connectivity index (χ1v) is 8.89. The Hall–Kier alpha value is -2.64. The highest BCUT2D eigenvalue weighted by Gasteiger charge is 2.49. The lowest BCUT2D eigenvalue weighted by Crippen LogP contribution is -2.26. The highest BCUT2D eigenvalue weighted by atomic mass is 16.7. The van der Waals surface area contributed by atoms with Gasteiger partial charge < -0.3 is 33.5 Å². The molecule has 27 heavy (non-hydrogen) atoms. The number of benzene rings is 2. The summed E-state index contributed by atoms with van der Waals surface area (Å²) in [5.74, 6) is 2.93. The van der Waals surface area contributed by atoms with Crippen LogP contribution in [0.2, 0.25) is 0 Å². The monoisotopic (exact) mass is 372 g/mol. The van der Waals surface area contributed by atoms with E-state index >= 15 is 0 Å². The van der Waals surface area contributed by atoms with Crippen LogP contribution in [-0.2, 0) is 9.47 Å². The van der Waals surface area contributed by atoms with Gasteiger partial charge in [-0.05, 0) is 29.8 Å². The summed E-state index contributed by atoms with van der Waals surface area (Å²) in [4.78, 5) is 0. The van der Waals surface area contributed by atoms with Crippen molar-refractivity contribution in [1.82, 2.24) is 0 Å². The lowest BCUT2D eigenvalue weighted by molar-refractivity contribution is -0.0788. The summed E-state index contributed by atoms with van der Waals surface area (Å²) in [5, 5.41) is 9.81. The van der Waals surface area contributed by atoms with E-state index < -0.39 is 0 Å². The summed E-state index contributed by atoms with van der Waals surface area (Å²) >= 11 is 0. The maximum absolute atomic E-state index is 9.81. The largest absolute Gasteiger partial charge is 0.504 e. The van der Waals surface area contributed by atoms with Crippen LogP contribution in [0.5, 0.6) is 28.7 Å². The summed E-state index contributed by atoms with van der Waals surface area (Å²) in [6.07, 6.45) is -0.491. The van der Waals surface area contributed by atoms with Crippen molar-refractivity contribution in [1.29, 1.82) is 0 Å². The van der Waals surface area contributed by atoms with E-state index in [1.807, 2.05) is 30.3 Å². The number of fused-ring (bicyclic) bond motifs is 2. The standard InChI is InChI=1S/C20H20O7/c1-22-17-6-11(2-4-15(17)21)19-13-8-24-20(14(13)9-23-19)27-12-3-5-16-18(7-12)26-10-25-16/h2-7,13-14,19-21H,8-10H2,1H3/t13-,14-,19+,20-/m0/s1. The Labute approximate surface area is 156 Å². The summed E-state index contributed by atoms with van der Waals surface area (Å²) in [6, 6.07) is 10.8. The van der Waals surface area contributed by atoms with E-state index in [9.17, 15) is 5.11 Å². The van der Waals surface area contributed by atoms with Gasteiger partial charge in [0.05, 0.1) is 32.3 Å². The van der Waals surface area contributed by atoms with Crippen LogP contribution < -0.4 is 18.9 Å². The molecule has 7 nitrogen and oxygen atoms in total. The maximum Gasteiger partial charge on any atom is 0.231 e. The molecule has 1 N–H and O–H groups in total. The number of phenols is 1. The molecule has 4 atom stereocenters. The van der Waals surface area contributed by atoms with Crippen LogP contribution in [0.25, 0.3) is 0 Å². The van der Waals surface area contributed by atoms with Crippen molar-refractivity contribution in [2.24, 2.45) is 11.8 Å². The second-order valence-electron chi connectivity index (χ2n) is 6.85. The van der Waals surface area contributed by atoms with Crippen LogP contribution >= 0.6 is 0 Å². The highest BCUT2D eigenvalue weighted by molar-refractivity contribution is 5.47. The van der Waals surface area contributed by atoms with E-state index in [4.69, 9.17) is 28.4 Å². The fourth-order valence-corrected chi connectivity index (χ4v) is 3.93. The maximum atomic E-state index is 9.81. The molecule has 0 radical (unpaired) electrons. The number of hydrogen-bond donors (Lipinski definition) is 1. The van der Waals surface area contributed by atoms with Gasteiger partial charge in [-0.1, -0.05) is 6.07 Å². The normalized spacial score (nSPS) is 28.2. The molecule has 142 valence electrons. The van der Waals surface area contributed by atoms with Crippen LogP contribution in [0, 0.1) is 11.8 Å². The number of phenolic OH excluding ortho intramolecular Hbond substituents is 1. The van der Waals surface area contributed by atoms with E-state index in [-0.39, 0.29) is 36.8 Å². The second kappa shape index (κ2) is 6.51. The fourth-order valence-electron chi connectivity index (χ4n) is 3.93. The molecule has 2 fully saturated rings. The topological polar surface area (TPSA) is 75.6 Å². The summed E-state index contributed by atoms with van der Waals surface area (Å²) in [7, 11) is 1.53. The molecule has 3 aliphatic heterocycles. The zero-order valence-electron chi connectivity index (χ0n) is 14.8. The molecule has 7 heteroatoms. The highest BCUT2D eigenvalue weighted by Crippen LogP contribution is 2.47. The van der Waals surface area contributed by atoms with E-state index in [1.165, 1.54) is 7.11 Å². The first-order chi connectivity index (χ1) is 13.2. The van der Waals surface area contributed by atoms with E-state index in [2.05, 4.69) is 0 Å². The van der Waals surface area contributed by atoms with Gasteiger partial charge in [0.1, 0.15) is 5.75 Å². The molecular weight excluding hydrogens is 352 g/mol. The Balaban J connectivity index is 1.31. The van der Waals surface area contributed by atoms with Gasteiger partial charge in [0.2, 0.25) is 13.1 Å². The predicted molar refractivity (Wildman–Crippen MR) is 93.3 cm³/mol. The molecule has 3 aliphatic rings. The summed E-state index contributed by atoms with van der Waals surface area (Å²) in [6.45, 7) is 1.33. The quantitative estimate of drug-likeness (QED) is 0.884. The molecule has 0 saturated carbocycles. The Bertz CT molecular complexity index is 852. The van der Waals surface area contributed by atoms with Crippen molar-refractivity contribution < 1.29 is 33.5 Å². The van der Waals surface area contributed by atoms with Crippen LogP contribution in [0.4, 0.5) is 0 Å². The number of methoxy groups -OCH3 is 1. The lowest BCUT2D eigenvalue weighted by atomic mass is 9.89. The van der Waals surface area contributed by atoms with Crippen LogP contribution in [0.3, 0.4) is 0 Å². The van der Waals surface area contributed by atoms with Gasteiger partial charge in [0.15, 0.2) is 23.0 Å². The average Bonchev–Trinajstić information content (AvgIpc) is 3.39. The lowest BCUT2D eigenvalue weighted by Gasteiger charge is -2.18. The third kappa shape index (κ3) is 2.83. The number of rotatable bonds is 4. The Morgan fingerprint density at radius 3 is 2.70 bits per heavy atom. The van der Waals surface area contributed by atoms with Gasteiger partial charge in [-0.2, -0.15) is 0 Å². The number of ether oxygens (including phenoxy) is 6. The van der Waals surface area contributed by atoms with Gasteiger partial charge >= 0.3 is 0 Å². The molecule has 0 unspecified atom stereocenters. The molecule has 0 spiro atoms. The van der Waals surface area contributed by atoms with Crippen LogP contribution in [0.15, 0.2) is 36.4 Å². The molecule has 0 aliphatic carbocycles. The molecule has 0 amide bonds. The third-order valence-corrected chi connectivity index (χ3v) is 5.34. The number of aromatic hydroxyl groups is 1. The van der Waals surface area contributed by atoms with Gasteiger partial charge in [-0.25, -0.2) is 0 Å². The van der Waals surface area contributed by atoms with Gasteiger partial charge in [0.25, 0.3) is 0 Å². The van der Waals surface area contributed by atoms with Gasteiger partial charge in [0, 0.05) is 12.0 Å². The number of hydrogen-bond acceptors (Lipinski definition) is 7. The predicted octanol–water partition coefficient (Wildman–Crippen LogP) is 2.87. The zero-order valence-corrected chi connectivity index (χ0v) is 14.8. The SMILES string of the molecule is COc1cc([C@H]2OC[C@@H]3[C@H](Oc4ccc5c(c4)OCO5)OC[C@@H]32)ccc1O. The van der Waals surface area contributed by atoms with Crippen molar-refractivity contribution >= 4 is 0 Å². The van der Waals surface area contributed by atoms with Crippen molar-refractivity contribution in [3.63, 3.8) is 0 Å². The van der Waals surface area contributed by atoms with Gasteiger partial charge in [-0.15, -0.1) is 0 Å². The second-order valence-corrected chi connectivity index (χ2v) is 6.85.